The molecule has 0 unspecified atom stereocenters. The summed E-state index contributed by atoms with van der Waals surface area (Å²) in [5, 5.41) is 5.89. The van der Waals surface area contributed by atoms with Crippen molar-refractivity contribution in [1.29, 1.82) is 0 Å². The van der Waals surface area contributed by atoms with Gasteiger partial charge in [0.2, 0.25) is 11.8 Å². The number of rotatable bonds is 6. The highest BCUT2D eigenvalue weighted by Crippen LogP contribution is 2.19. The summed E-state index contributed by atoms with van der Waals surface area (Å²) in [6, 6.07) is 15.3. The van der Waals surface area contributed by atoms with Gasteiger partial charge < -0.3 is 10.6 Å². The summed E-state index contributed by atoms with van der Waals surface area (Å²) in [6.07, 6.45) is 1.70. The van der Waals surface area contributed by atoms with Gasteiger partial charge in [-0.25, -0.2) is 4.39 Å². The summed E-state index contributed by atoms with van der Waals surface area (Å²) in [5.41, 5.74) is 1.64. The van der Waals surface area contributed by atoms with E-state index in [0.717, 1.165) is 30.6 Å². The predicted octanol–water partition coefficient (Wildman–Crippen LogP) is 3.35. The number of carbonyl (C=O) groups is 2. The summed E-state index contributed by atoms with van der Waals surface area (Å²) in [4.78, 5) is 26.9. The van der Waals surface area contributed by atoms with Crippen LogP contribution in [-0.2, 0) is 9.59 Å². The van der Waals surface area contributed by atoms with E-state index < -0.39 is 0 Å². The molecule has 28 heavy (non-hydrogen) atoms. The van der Waals surface area contributed by atoms with Crippen molar-refractivity contribution >= 4 is 17.5 Å². The van der Waals surface area contributed by atoms with E-state index in [1.54, 1.807) is 12.1 Å². The molecule has 1 fully saturated rings. The Balaban J connectivity index is 1.49. The molecule has 1 aliphatic heterocycles. The van der Waals surface area contributed by atoms with Crippen molar-refractivity contribution in [2.24, 2.45) is 5.92 Å². The Morgan fingerprint density at radius 2 is 1.86 bits per heavy atom. The minimum absolute atomic E-state index is 0.00371. The number of piperidine rings is 1. The zero-order valence-corrected chi connectivity index (χ0v) is 16.0. The first kappa shape index (κ1) is 20.0. The van der Waals surface area contributed by atoms with Crippen LogP contribution in [0.2, 0.25) is 0 Å². The van der Waals surface area contributed by atoms with Crippen molar-refractivity contribution in [3.05, 3.63) is 66.0 Å². The number of benzene rings is 2. The predicted molar refractivity (Wildman–Crippen MR) is 107 cm³/mol. The van der Waals surface area contributed by atoms with Gasteiger partial charge in [-0.2, -0.15) is 0 Å². The van der Waals surface area contributed by atoms with Crippen molar-refractivity contribution in [2.45, 2.75) is 25.8 Å². The number of halogens is 1. The highest BCUT2D eigenvalue weighted by molar-refractivity contribution is 5.92. The van der Waals surface area contributed by atoms with E-state index in [2.05, 4.69) is 10.6 Å². The van der Waals surface area contributed by atoms with E-state index >= 15 is 0 Å². The lowest BCUT2D eigenvalue weighted by molar-refractivity contribution is -0.126. The van der Waals surface area contributed by atoms with Crippen molar-refractivity contribution in [1.82, 2.24) is 10.2 Å². The van der Waals surface area contributed by atoms with Crippen molar-refractivity contribution in [2.75, 3.05) is 25.0 Å². The number of hydrogen-bond donors (Lipinski definition) is 2. The van der Waals surface area contributed by atoms with E-state index in [9.17, 15) is 14.0 Å². The first-order chi connectivity index (χ1) is 13.5. The van der Waals surface area contributed by atoms with Gasteiger partial charge in [0, 0.05) is 12.2 Å². The zero-order chi connectivity index (χ0) is 19.9. The highest BCUT2D eigenvalue weighted by atomic mass is 19.1. The molecule has 3 rings (SSSR count). The van der Waals surface area contributed by atoms with E-state index in [1.807, 2.05) is 42.2 Å². The molecular weight excluding hydrogens is 357 g/mol. The largest absolute Gasteiger partial charge is 0.348 e. The molecule has 0 radical (unpaired) electrons. The van der Waals surface area contributed by atoms with Crippen LogP contribution in [-0.4, -0.2) is 36.3 Å². The van der Waals surface area contributed by atoms with E-state index in [-0.39, 0.29) is 36.1 Å². The molecule has 0 bridgehead atoms. The molecule has 0 aliphatic carbocycles. The average Bonchev–Trinajstić information content (AvgIpc) is 2.69. The lowest BCUT2D eigenvalue weighted by Crippen LogP contribution is -2.45. The van der Waals surface area contributed by atoms with Crippen molar-refractivity contribution in [3.8, 4) is 0 Å². The number of nitrogens with one attached hydrogen (secondary N) is 2. The Hall–Kier alpha value is -2.73. The second-order valence-electron chi connectivity index (χ2n) is 7.27. The maximum absolute atomic E-state index is 13.0. The lowest BCUT2D eigenvalue weighted by atomic mass is 9.97. The summed E-state index contributed by atoms with van der Waals surface area (Å²) in [6.45, 7) is 3.49. The van der Waals surface area contributed by atoms with Gasteiger partial charge in [0.1, 0.15) is 5.82 Å². The molecule has 6 heteroatoms. The highest BCUT2D eigenvalue weighted by Gasteiger charge is 2.27. The van der Waals surface area contributed by atoms with Crippen LogP contribution in [0.15, 0.2) is 54.6 Å². The van der Waals surface area contributed by atoms with Gasteiger partial charge in [0.15, 0.2) is 0 Å². The van der Waals surface area contributed by atoms with Gasteiger partial charge >= 0.3 is 0 Å². The minimum atomic E-state index is -0.296. The van der Waals surface area contributed by atoms with Crippen LogP contribution in [0.4, 0.5) is 10.1 Å². The van der Waals surface area contributed by atoms with E-state index in [4.69, 9.17) is 0 Å². The fourth-order valence-corrected chi connectivity index (χ4v) is 3.50. The molecule has 5 nitrogen and oxygen atoms in total. The standard InChI is InChI=1S/C22H26FN3O2/c1-16(17-9-11-19(23)12-10-17)24-21(27)15-26-13-5-6-18(14-26)22(28)25-20-7-3-2-4-8-20/h2-4,7-12,16,18H,5-6,13-15H2,1H3,(H,24,27)(H,25,28)/t16-,18-/m1/s1. The molecule has 0 spiro atoms. The quantitative estimate of drug-likeness (QED) is 0.804. The normalized spacial score (nSPS) is 18.3. The van der Waals surface area contributed by atoms with Crippen LogP contribution >= 0.6 is 0 Å². The topological polar surface area (TPSA) is 61.4 Å². The second kappa shape index (κ2) is 9.46. The molecule has 2 atom stereocenters. The zero-order valence-electron chi connectivity index (χ0n) is 16.0. The molecular formula is C22H26FN3O2. The fraction of sp³-hybridized carbons (Fsp3) is 0.364. The molecule has 2 aromatic rings. The van der Waals surface area contributed by atoms with Crippen LogP contribution < -0.4 is 10.6 Å². The Labute approximate surface area is 164 Å². The summed E-state index contributed by atoms with van der Waals surface area (Å²) in [7, 11) is 0. The van der Waals surface area contributed by atoms with Crippen LogP contribution in [0.3, 0.4) is 0 Å². The number of para-hydroxylation sites is 1. The number of amides is 2. The van der Waals surface area contributed by atoms with Crippen LogP contribution in [0, 0.1) is 11.7 Å². The molecule has 0 saturated carbocycles. The van der Waals surface area contributed by atoms with Gasteiger partial charge in [-0.1, -0.05) is 30.3 Å². The number of carbonyl (C=O) groups excluding carboxylic acids is 2. The van der Waals surface area contributed by atoms with Crippen LogP contribution in [0.1, 0.15) is 31.4 Å². The maximum atomic E-state index is 13.0. The van der Waals surface area contributed by atoms with Gasteiger partial charge in [-0.05, 0) is 56.1 Å². The number of likely N-dealkylation sites (tertiary alicyclic amines) is 1. The third kappa shape index (κ3) is 5.63. The SMILES string of the molecule is C[C@@H](NC(=O)CN1CCC[C@@H](C(=O)Nc2ccccc2)C1)c1ccc(F)cc1. The van der Waals surface area contributed by atoms with Crippen molar-refractivity contribution in [3.63, 3.8) is 0 Å². The summed E-state index contributed by atoms with van der Waals surface area (Å²) in [5.74, 6) is -0.524. The molecule has 148 valence electrons. The third-order valence-corrected chi connectivity index (χ3v) is 5.03. The Kier molecular flexibility index (Phi) is 6.76. The number of anilines is 1. The van der Waals surface area contributed by atoms with Crippen molar-refractivity contribution < 1.29 is 14.0 Å². The molecule has 1 saturated heterocycles. The van der Waals surface area contributed by atoms with Gasteiger partial charge in [0.25, 0.3) is 0 Å². The maximum Gasteiger partial charge on any atom is 0.234 e. The summed E-state index contributed by atoms with van der Waals surface area (Å²) < 4.78 is 13.0. The average molecular weight is 383 g/mol. The van der Waals surface area contributed by atoms with E-state index in [1.165, 1.54) is 12.1 Å². The van der Waals surface area contributed by atoms with Gasteiger partial charge in [-0.15, -0.1) is 0 Å². The van der Waals surface area contributed by atoms with Crippen LogP contribution in [0.5, 0.6) is 0 Å². The monoisotopic (exact) mass is 383 g/mol. The Morgan fingerprint density at radius 1 is 1.14 bits per heavy atom. The molecule has 2 amide bonds. The van der Waals surface area contributed by atoms with Gasteiger partial charge in [0.05, 0.1) is 18.5 Å². The Morgan fingerprint density at radius 3 is 2.57 bits per heavy atom. The minimum Gasteiger partial charge on any atom is -0.348 e. The molecule has 2 aromatic carbocycles. The molecule has 2 N–H and O–H groups in total. The molecule has 1 heterocycles. The van der Waals surface area contributed by atoms with Crippen LogP contribution in [0.25, 0.3) is 0 Å². The number of nitrogens with zero attached hydrogens (tertiary/aromatic N) is 1. The van der Waals surface area contributed by atoms with E-state index in [0.29, 0.717) is 6.54 Å². The smallest absolute Gasteiger partial charge is 0.234 e. The third-order valence-electron chi connectivity index (χ3n) is 5.03. The lowest BCUT2D eigenvalue weighted by Gasteiger charge is -2.31. The van der Waals surface area contributed by atoms with Gasteiger partial charge in [-0.3, -0.25) is 14.5 Å². The Bertz CT molecular complexity index is 795. The molecule has 1 aliphatic rings. The second-order valence-corrected chi connectivity index (χ2v) is 7.27. The molecule has 0 aromatic heterocycles. The number of hydrogen-bond acceptors (Lipinski definition) is 3. The first-order valence-electron chi connectivity index (χ1n) is 9.64. The summed E-state index contributed by atoms with van der Waals surface area (Å²) >= 11 is 0. The fourth-order valence-electron chi connectivity index (χ4n) is 3.50. The first-order valence-corrected chi connectivity index (χ1v) is 9.64.